The van der Waals surface area contributed by atoms with Gasteiger partial charge in [0.15, 0.2) is 11.5 Å². The SMILES string of the molecule is CCOc1ccc(C(=O)N(C)C2CCNC2)cc1OC.Cl. The van der Waals surface area contributed by atoms with Gasteiger partial charge >= 0.3 is 0 Å². The van der Waals surface area contributed by atoms with Crippen molar-refractivity contribution in [3.8, 4) is 11.5 Å². The minimum Gasteiger partial charge on any atom is -0.493 e. The molecule has 1 amide bonds. The molecule has 1 heterocycles. The zero-order valence-electron chi connectivity index (χ0n) is 12.7. The van der Waals surface area contributed by atoms with Crippen molar-refractivity contribution in [3.05, 3.63) is 23.8 Å². The van der Waals surface area contributed by atoms with Gasteiger partial charge in [-0.25, -0.2) is 0 Å². The Morgan fingerprint density at radius 3 is 2.76 bits per heavy atom. The lowest BCUT2D eigenvalue weighted by atomic mass is 10.1. The molecule has 2 rings (SSSR count). The zero-order chi connectivity index (χ0) is 14.5. The Labute approximate surface area is 132 Å². The highest BCUT2D eigenvalue weighted by Crippen LogP contribution is 2.28. The number of hydrogen-bond donors (Lipinski definition) is 1. The second-order valence-corrected chi connectivity index (χ2v) is 4.86. The smallest absolute Gasteiger partial charge is 0.254 e. The zero-order valence-corrected chi connectivity index (χ0v) is 13.5. The van der Waals surface area contributed by atoms with E-state index in [4.69, 9.17) is 9.47 Å². The molecule has 0 bridgehead atoms. The van der Waals surface area contributed by atoms with E-state index in [2.05, 4.69) is 5.32 Å². The van der Waals surface area contributed by atoms with Crippen molar-refractivity contribution in [2.45, 2.75) is 19.4 Å². The number of methoxy groups -OCH3 is 1. The highest BCUT2D eigenvalue weighted by molar-refractivity contribution is 5.95. The van der Waals surface area contributed by atoms with Crippen LogP contribution in [0.15, 0.2) is 18.2 Å². The molecule has 1 unspecified atom stereocenters. The summed E-state index contributed by atoms with van der Waals surface area (Å²) in [6.07, 6.45) is 0.996. The molecule has 1 fully saturated rings. The number of carbonyl (C=O) groups excluding carboxylic acids is 1. The van der Waals surface area contributed by atoms with Crippen molar-refractivity contribution in [2.24, 2.45) is 0 Å². The number of halogens is 1. The van der Waals surface area contributed by atoms with Crippen LogP contribution in [0.1, 0.15) is 23.7 Å². The highest BCUT2D eigenvalue weighted by Gasteiger charge is 2.24. The molecule has 0 aliphatic carbocycles. The number of carbonyl (C=O) groups is 1. The Balaban J connectivity index is 0.00000220. The minimum absolute atomic E-state index is 0. The molecule has 0 saturated carbocycles. The number of rotatable bonds is 5. The van der Waals surface area contributed by atoms with Gasteiger partial charge in [0.2, 0.25) is 0 Å². The van der Waals surface area contributed by atoms with Crippen molar-refractivity contribution in [2.75, 3.05) is 33.9 Å². The Bertz CT molecular complexity index is 476. The second kappa shape index (κ2) is 8.10. The van der Waals surface area contributed by atoms with E-state index in [0.717, 1.165) is 19.5 Å². The van der Waals surface area contributed by atoms with Crippen LogP contribution in [0, 0.1) is 0 Å². The number of nitrogens with zero attached hydrogens (tertiary/aromatic N) is 1. The third-order valence-corrected chi connectivity index (χ3v) is 3.61. The first-order valence-electron chi connectivity index (χ1n) is 6.96. The fraction of sp³-hybridized carbons (Fsp3) is 0.533. The average molecular weight is 315 g/mol. The quantitative estimate of drug-likeness (QED) is 0.902. The molecular weight excluding hydrogens is 292 g/mol. The maximum atomic E-state index is 12.5. The molecule has 0 aromatic heterocycles. The number of hydrogen-bond acceptors (Lipinski definition) is 4. The highest BCUT2D eigenvalue weighted by atomic mass is 35.5. The number of amides is 1. The monoisotopic (exact) mass is 314 g/mol. The average Bonchev–Trinajstić information content (AvgIpc) is 3.00. The normalized spacial score (nSPS) is 17.0. The molecule has 1 aromatic rings. The van der Waals surface area contributed by atoms with E-state index in [-0.39, 0.29) is 24.4 Å². The van der Waals surface area contributed by atoms with Gasteiger partial charge in [-0.15, -0.1) is 12.4 Å². The van der Waals surface area contributed by atoms with Crippen LogP contribution in [0.25, 0.3) is 0 Å². The van der Waals surface area contributed by atoms with Gasteiger partial charge < -0.3 is 19.7 Å². The van der Waals surface area contributed by atoms with Crippen molar-refractivity contribution in [1.29, 1.82) is 0 Å². The topological polar surface area (TPSA) is 50.8 Å². The fourth-order valence-corrected chi connectivity index (χ4v) is 2.41. The molecule has 6 heteroatoms. The Morgan fingerprint density at radius 1 is 1.43 bits per heavy atom. The lowest BCUT2D eigenvalue weighted by Gasteiger charge is -2.24. The number of ether oxygens (including phenoxy) is 2. The van der Waals surface area contributed by atoms with Crippen LogP contribution >= 0.6 is 12.4 Å². The maximum absolute atomic E-state index is 12.5. The van der Waals surface area contributed by atoms with E-state index in [1.54, 1.807) is 30.2 Å². The molecule has 0 radical (unpaired) electrons. The Kier molecular flexibility index (Phi) is 6.78. The van der Waals surface area contributed by atoms with E-state index in [0.29, 0.717) is 23.7 Å². The molecule has 5 nitrogen and oxygen atoms in total. The van der Waals surface area contributed by atoms with Crippen molar-refractivity contribution in [1.82, 2.24) is 10.2 Å². The standard InChI is InChI=1S/C15H22N2O3.ClH/c1-4-20-13-6-5-11(9-14(13)19-3)15(18)17(2)12-7-8-16-10-12;/h5-6,9,12,16H,4,7-8,10H2,1-3H3;1H. The largest absolute Gasteiger partial charge is 0.493 e. The summed E-state index contributed by atoms with van der Waals surface area (Å²) in [4.78, 5) is 14.3. The summed E-state index contributed by atoms with van der Waals surface area (Å²) < 4.78 is 10.7. The summed E-state index contributed by atoms with van der Waals surface area (Å²) in [5.41, 5.74) is 0.625. The van der Waals surface area contributed by atoms with Crippen molar-refractivity contribution in [3.63, 3.8) is 0 Å². The van der Waals surface area contributed by atoms with Crippen molar-refractivity contribution >= 4 is 18.3 Å². The predicted molar refractivity (Wildman–Crippen MR) is 84.8 cm³/mol. The molecule has 1 aliphatic heterocycles. The predicted octanol–water partition coefficient (Wildman–Crippen LogP) is 1.95. The fourth-order valence-electron chi connectivity index (χ4n) is 2.41. The number of nitrogens with one attached hydrogen (secondary N) is 1. The lowest BCUT2D eigenvalue weighted by Crippen LogP contribution is -2.38. The van der Waals surface area contributed by atoms with E-state index < -0.39 is 0 Å². The summed E-state index contributed by atoms with van der Waals surface area (Å²) >= 11 is 0. The molecule has 1 aliphatic rings. The van der Waals surface area contributed by atoms with Gasteiger partial charge in [-0.3, -0.25) is 4.79 Å². The van der Waals surface area contributed by atoms with Crippen LogP contribution in [-0.2, 0) is 0 Å². The van der Waals surface area contributed by atoms with Crippen LogP contribution in [0.5, 0.6) is 11.5 Å². The first-order chi connectivity index (χ1) is 9.67. The Hall–Kier alpha value is -1.46. The molecule has 1 atom stereocenters. The Morgan fingerprint density at radius 2 is 2.19 bits per heavy atom. The third-order valence-electron chi connectivity index (χ3n) is 3.61. The van der Waals surface area contributed by atoms with E-state index in [1.165, 1.54) is 0 Å². The van der Waals surface area contributed by atoms with Crippen LogP contribution in [0.2, 0.25) is 0 Å². The second-order valence-electron chi connectivity index (χ2n) is 4.86. The number of benzene rings is 1. The molecule has 118 valence electrons. The van der Waals surface area contributed by atoms with E-state index in [9.17, 15) is 4.79 Å². The molecular formula is C15H23ClN2O3. The van der Waals surface area contributed by atoms with Gasteiger partial charge in [-0.05, 0) is 38.1 Å². The van der Waals surface area contributed by atoms with Crippen LogP contribution < -0.4 is 14.8 Å². The van der Waals surface area contributed by atoms with Crippen LogP contribution in [-0.4, -0.2) is 50.7 Å². The van der Waals surface area contributed by atoms with Gasteiger partial charge in [0.1, 0.15) is 0 Å². The molecule has 1 saturated heterocycles. The van der Waals surface area contributed by atoms with Gasteiger partial charge in [0.25, 0.3) is 5.91 Å². The molecule has 1 aromatic carbocycles. The van der Waals surface area contributed by atoms with E-state index >= 15 is 0 Å². The maximum Gasteiger partial charge on any atom is 0.254 e. The van der Waals surface area contributed by atoms with Crippen LogP contribution in [0.3, 0.4) is 0 Å². The lowest BCUT2D eigenvalue weighted by molar-refractivity contribution is 0.0743. The van der Waals surface area contributed by atoms with Crippen LogP contribution in [0.4, 0.5) is 0 Å². The van der Waals surface area contributed by atoms with Gasteiger partial charge in [-0.2, -0.15) is 0 Å². The summed E-state index contributed by atoms with van der Waals surface area (Å²) in [6, 6.07) is 5.58. The first kappa shape index (κ1) is 17.6. The molecule has 21 heavy (non-hydrogen) atoms. The number of likely N-dealkylation sites (N-methyl/N-ethyl adjacent to an activating group) is 1. The first-order valence-corrected chi connectivity index (χ1v) is 6.96. The van der Waals surface area contributed by atoms with Gasteiger partial charge in [-0.1, -0.05) is 0 Å². The molecule has 1 N–H and O–H groups in total. The minimum atomic E-state index is 0. The summed E-state index contributed by atoms with van der Waals surface area (Å²) in [6.45, 7) is 4.31. The van der Waals surface area contributed by atoms with Crippen molar-refractivity contribution < 1.29 is 14.3 Å². The summed E-state index contributed by atoms with van der Waals surface area (Å²) in [7, 11) is 3.43. The summed E-state index contributed by atoms with van der Waals surface area (Å²) in [5.74, 6) is 1.27. The third kappa shape index (κ3) is 4.02. The summed E-state index contributed by atoms with van der Waals surface area (Å²) in [5, 5.41) is 3.27. The molecule has 0 spiro atoms. The van der Waals surface area contributed by atoms with E-state index in [1.807, 2.05) is 14.0 Å². The van der Waals surface area contributed by atoms with Gasteiger partial charge in [0.05, 0.1) is 13.7 Å². The van der Waals surface area contributed by atoms with Gasteiger partial charge in [0, 0.05) is 25.2 Å².